The van der Waals surface area contributed by atoms with E-state index in [1.807, 2.05) is 6.92 Å². The molecule has 1 aromatic carbocycles. The Morgan fingerprint density at radius 3 is 2.67 bits per heavy atom. The number of Topliss-reactive ketones (excluding diaryl/α,β-unsaturated/α-hetero) is 1. The lowest BCUT2D eigenvalue weighted by molar-refractivity contribution is -0.118. The highest BCUT2D eigenvalue weighted by atomic mass is 35.5. The molecule has 0 saturated heterocycles. The highest BCUT2D eigenvalue weighted by Crippen LogP contribution is 2.17. The van der Waals surface area contributed by atoms with Crippen molar-refractivity contribution in [3.8, 4) is 0 Å². The van der Waals surface area contributed by atoms with Crippen molar-refractivity contribution in [3.05, 3.63) is 34.9 Å². The van der Waals surface area contributed by atoms with Gasteiger partial charge in [0.2, 0.25) is 5.91 Å². The van der Waals surface area contributed by atoms with Crippen molar-refractivity contribution in [2.75, 3.05) is 18.1 Å². The van der Waals surface area contributed by atoms with Crippen LogP contribution in [-0.2, 0) is 4.79 Å². The summed E-state index contributed by atoms with van der Waals surface area (Å²) >= 11 is 7.22. The normalized spacial score (nSPS) is 10.1. The van der Waals surface area contributed by atoms with Gasteiger partial charge in [-0.2, -0.15) is 0 Å². The number of benzene rings is 1. The van der Waals surface area contributed by atoms with Gasteiger partial charge in [0.05, 0.1) is 16.5 Å². The number of ketones is 1. The van der Waals surface area contributed by atoms with Crippen molar-refractivity contribution < 1.29 is 9.59 Å². The lowest BCUT2D eigenvalue weighted by Gasteiger charge is -2.04. The molecule has 5 heteroatoms. The summed E-state index contributed by atoms with van der Waals surface area (Å²) in [6.45, 7) is 2.67. The summed E-state index contributed by atoms with van der Waals surface area (Å²) in [5, 5.41) is 3.22. The zero-order chi connectivity index (χ0) is 13.4. The average Bonchev–Trinajstić information content (AvgIpc) is 2.36. The molecule has 1 rings (SSSR count). The number of hydrogen-bond acceptors (Lipinski definition) is 3. The SMILES string of the molecule is CCCNC(=O)CSCC(=O)c1ccccc1Cl. The molecular weight excluding hydrogens is 270 g/mol. The van der Waals surface area contributed by atoms with Gasteiger partial charge in [0, 0.05) is 12.1 Å². The molecule has 0 aromatic heterocycles. The Kier molecular flexibility index (Phi) is 6.83. The van der Waals surface area contributed by atoms with Crippen LogP contribution in [0.2, 0.25) is 5.02 Å². The Bertz CT molecular complexity index is 423. The zero-order valence-corrected chi connectivity index (χ0v) is 11.8. The number of halogens is 1. The van der Waals surface area contributed by atoms with Crippen LogP contribution in [0.4, 0.5) is 0 Å². The Morgan fingerprint density at radius 2 is 2.00 bits per heavy atom. The molecule has 1 N–H and O–H groups in total. The number of hydrogen-bond donors (Lipinski definition) is 1. The fourth-order valence-electron chi connectivity index (χ4n) is 1.32. The van der Waals surface area contributed by atoms with E-state index in [0.717, 1.165) is 6.42 Å². The minimum atomic E-state index is -0.0473. The van der Waals surface area contributed by atoms with E-state index in [1.54, 1.807) is 24.3 Å². The monoisotopic (exact) mass is 285 g/mol. The molecule has 0 aliphatic heterocycles. The fraction of sp³-hybridized carbons (Fsp3) is 0.385. The fourth-order valence-corrected chi connectivity index (χ4v) is 2.29. The van der Waals surface area contributed by atoms with Crippen LogP contribution < -0.4 is 5.32 Å². The van der Waals surface area contributed by atoms with E-state index >= 15 is 0 Å². The van der Waals surface area contributed by atoms with Gasteiger partial charge in [-0.15, -0.1) is 11.8 Å². The van der Waals surface area contributed by atoms with Crippen molar-refractivity contribution >= 4 is 35.1 Å². The molecule has 0 unspecified atom stereocenters. The average molecular weight is 286 g/mol. The Labute approximate surface area is 116 Å². The third kappa shape index (κ3) is 5.10. The molecule has 0 aliphatic rings. The highest BCUT2D eigenvalue weighted by Gasteiger charge is 2.10. The number of nitrogens with one attached hydrogen (secondary N) is 1. The molecule has 3 nitrogen and oxygen atoms in total. The predicted molar refractivity (Wildman–Crippen MR) is 76.4 cm³/mol. The van der Waals surface area contributed by atoms with E-state index < -0.39 is 0 Å². The lowest BCUT2D eigenvalue weighted by Crippen LogP contribution is -2.26. The summed E-state index contributed by atoms with van der Waals surface area (Å²) in [5.41, 5.74) is 0.514. The van der Waals surface area contributed by atoms with Crippen LogP contribution in [-0.4, -0.2) is 29.7 Å². The zero-order valence-electron chi connectivity index (χ0n) is 10.2. The second-order valence-corrected chi connectivity index (χ2v) is 5.14. The molecule has 98 valence electrons. The van der Waals surface area contributed by atoms with Crippen LogP contribution in [0.1, 0.15) is 23.7 Å². The quantitative estimate of drug-likeness (QED) is 0.784. The van der Waals surface area contributed by atoms with E-state index in [0.29, 0.717) is 22.9 Å². The smallest absolute Gasteiger partial charge is 0.230 e. The van der Waals surface area contributed by atoms with Gasteiger partial charge in [0.15, 0.2) is 5.78 Å². The topological polar surface area (TPSA) is 46.2 Å². The lowest BCUT2D eigenvalue weighted by atomic mass is 10.1. The van der Waals surface area contributed by atoms with Crippen LogP contribution in [0.15, 0.2) is 24.3 Å². The summed E-state index contributed by atoms with van der Waals surface area (Å²) in [6.07, 6.45) is 0.912. The minimum Gasteiger partial charge on any atom is -0.355 e. The van der Waals surface area contributed by atoms with Gasteiger partial charge in [0.1, 0.15) is 0 Å². The van der Waals surface area contributed by atoms with Gasteiger partial charge >= 0.3 is 0 Å². The van der Waals surface area contributed by atoms with Crippen LogP contribution in [0, 0.1) is 0 Å². The minimum absolute atomic E-state index is 0.0335. The first kappa shape index (κ1) is 15.1. The molecule has 18 heavy (non-hydrogen) atoms. The molecule has 0 fully saturated rings. The standard InChI is InChI=1S/C13H16ClNO2S/c1-2-7-15-13(17)9-18-8-12(16)10-5-3-4-6-11(10)14/h3-6H,2,7-9H2,1H3,(H,15,17). The maximum atomic E-state index is 11.8. The summed E-state index contributed by atoms with van der Waals surface area (Å²) in [5.74, 6) is 0.488. The van der Waals surface area contributed by atoms with Gasteiger partial charge in [-0.3, -0.25) is 9.59 Å². The first-order valence-corrected chi connectivity index (χ1v) is 7.30. The first-order valence-electron chi connectivity index (χ1n) is 5.77. The maximum absolute atomic E-state index is 11.8. The molecule has 0 aliphatic carbocycles. The second kappa shape index (κ2) is 8.16. The summed E-state index contributed by atoms with van der Waals surface area (Å²) in [4.78, 5) is 23.1. The molecule has 0 saturated carbocycles. The third-order valence-electron chi connectivity index (χ3n) is 2.21. The Morgan fingerprint density at radius 1 is 1.28 bits per heavy atom. The van der Waals surface area contributed by atoms with Crippen LogP contribution in [0.5, 0.6) is 0 Å². The summed E-state index contributed by atoms with van der Waals surface area (Å²) < 4.78 is 0. The van der Waals surface area contributed by atoms with Gasteiger partial charge in [-0.05, 0) is 18.6 Å². The predicted octanol–water partition coefficient (Wildman–Crippen LogP) is 2.78. The van der Waals surface area contributed by atoms with Gasteiger partial charge in [-0.25, -0.2) is 0 Å². The maximum Gasteiger partial charge on any atom is 0.230 e. The summed E-state index contributed by atoms with van der Waals surface area (Å²) in [6, 6.07) is 6.94. The molecule has 0 radical (unpaired) electrons. The summed E-state index contributed by atoms with van der Waals surface area (Å²) in [7, 11) is 0. The van der Waals surface area contributed by atoms with E-state index in [2.05, 4.69) is 5.32 Å². The molecule has 0 spiro atoms. The number of rotatable bonds is 7. The van der Waals surface area contributed by atoms with Gasteiger partial charge in [-0.1, -0.05) is 30.7 Å². The molecular formula is C13H16ClNO2S. The van der Waals surface area contributed by atoms with Crippen LogP contribution >= 0.6 is 23.4 Å². The van der Waals surface area contributed by atoms with E-state index in [9.17, 15) is 9.59 Å². The highest BCUT2D eigenvalue weighted by molar-refractivity contribution is 8.00. The molecule has 1 amide bonds. The van der Waals surface area contributed by atoms with Crippen molar-refractivity contribution in [1.82, 2.24) is 5.32 Å². The largest absolute Gasteiger partial charge is 0.355 e. The Balaban J connectivity index is 2.34. The van der Waals surface area contributed by atoms with E-state index in [-0.39, 0.29) is 17.4 Å². The van der Waals surface area contributed by atoms with E-state index in [1.165, 1.54) is 11.8 Å². The molecule has 1 aromatic rings. The van der Waals surface area contributed by atoms with Crippen molar-refractivity contribution in [3.63, 3.8) is 0 Å². The van der Waals surface area contributed by atoms with Crippen molar-refractivity contribution in [1.29, 1.82) is 0 Å². The molecule has 0 heterocycles. The van der Waals surface area contributed by atoms with Crippen LogP contribution in [0.3, 0.4) is 0 Å². The molecule has 0 atom stereocenters. The van der Waals surface area contributed by atoms with E-state index in [4.69, 9.17) is 11.6 Å². The van der Waals surface area contributed by atoms with Gasteiger partial charge < -0.3 is 5.32 Å². The van der Waals surface area contributed by atoms with Gasteiger partial charge in [0.25, 0.3) is 0 Å². The first-order chi connectivity index (χ1) is 8.65. The number of carbonyl (C=O) groups is 2. The van der Waals surface area contributed by atoms with Crippen molar-refractivity contribution in [2.24, 2.45) is 0 Å². The molecule has 0 bridgehead atoms. The third-order valence-corrected chi connectivity index (χ3v) is 3.47. The number of thioether (sulfide) groups is 1. The number of amides is 1. The second-order valence-electron chi connectivity index (χ2n) is 3.75. The van der Waals surface area contributed by atoms with Crippen LogP contribution in [0.25, 0.3) is 0 Å². The van der Waals surface area contributed by atoms with Crippen molar-refractivity contribution in [2.45, 2.75) is 13.3 Å². The number of carbonyl (C=O) groups excluding carboxylic acids is 2. The Hall–Kier alpha value is -1.00.